The van der Waals surface area contributed by atoms with Crippen molar-refractivity contribution in [1.82, 2.24) is 4.48 Å². The maximum atomic E-state index is 13.6. The Bertz CT molecular complexity index is 879. The number of hydrogen-bond acceptors (Lipinski definition) is 2. The van der Waals surface area contributed by atoms with E-state index in [4.69, 9.17) is 23.2 Å². The van der Waals surface area contributed by atoms with E-state index in [1.54, 1.807) is 6.92 Å². The number of allylic oxidation sites excluding steroid dienone is 1. The lowest BCUT2D eigenvalue weighted by atomic mass is 10.1. The summed E-state index contributed by atoms with van der Waals surface area (Å²) in [6.07, 6.45) is 0. The Labute approximate surface area is 161 Å². The van der Waals surface area contributed by atoms with Crippen LogP contribution >= 0.6 is 39.1 Å². The van der Waals surface area contributed by atoms with E-state index in [2.05, 4.69) is 20.9 Å². The minimum Gasteiger partial charge on any atom is -0.386 e. The van der Waals surface area contributed by atoms with Crippen molar-refractivity contribution in [3.05, 3.63) is 68.9 Å². The summed E-state index contributed by atoms with van der Waals surface area (Å²) in [7, 11) is 0. The van der Waals surface area contributed by atoms with Gasteiger partial charge in [-0.05, 0) is 47.1 Å². The van der Waals surface area contributed by atoms with Crippen LogP contribution in [0.2, 0.25) is 5.02 Å². The van der Waals surface area contributed by atoms with E-state index < -0.39 is 11.6 Å². The van der Waals surface area contributed by atoms with Gasteiger partial charge in [-0.25, -0.2) is 8.78 Å². The minimum absolute atomic E-state index is 0.0855. The molecule has 1 unspecified atom stereocenters. The molecule has 0 aromatic heterocycles. The number of quaternary nitrogens is 1. The highest BCUT2D eigenvalue weighted by Gasteiger charge is 2.50. The van der Waals surface area contributed by atoms with E-state index in [1.165, 1.54) is 30.3 Å². The van der Waals surface area contributed by atoms with Gasteiger partial charge in [-0.3, -0.25) is 0 Å². The lowest BCUT2D eigenvalue weighted by Gasteiger charge is -2.34. The summed E-state index contributed by atoms with van der Waals surface area (Å²) in [4.78, 5) is 4.28. The van der Waals surface area contributed by atoms with E-state index in [0.717, 1.165) is 6.07 Å². The fourth-order valence-electron chi connectivity index (χ4n) is 2.98. The van der Waals surface area contributed by atoms with Crippen LogP contribution in [0.25, 0.3) is 0 Å². The zero-order chi connectivity index (χ0) is 18.4. The highest BCUT2D eigenvalue weighted by Crippen LogP contribution is 2.51. The Hall–Kier alpha value is -1.31. The zero-order valence-electron chi connectivity index (χ0n) is 12.9. The molecule has 0 saturated heterocycles. The van der Waals surface area contributed by atoms with E-state index >= 15 is 0 Å². The molecule has 1 heterocycles. The molecule has 0 spiro atoms. The first kappa shape index (κ1) is 18.5. The average molecular weight is 449 g/mol. The van der Waals surface area contributed by atoms with Gasteiger partial charge in [-0.2, -0.15) is 9.48 Å². The molecule has 3 nitrogen and oxygen atoms in total. The predicted octanol–water partition coefficient (Wildman–Crippen LogP) is 5.85. The van der Waals surface area contributed by atoms with Crippen molar-refractivity contribution in [2.24, 2.45) is 4.99 Å². The lowest BCUT2D eigenvalue weighted by Crippen LogP contribution is -2.46. The largest absolute Gasteiger partial charge is 0.386 e. The highest BCUT2D eigenvalue weighted by molar-refractivity contribution is 9.10. The quantitative estimate of drug-likeness (QED) is 0.463. The number of halogens is 5. The van der Waals surface area contributed by atoms with Gasteiger partial charge in [-0.15, -0.1) is 0 Å². The fourth-order valence-corrected chi connectivity index (χ4v) is 4.30. The summed E-state index contributed by atoms with van der Waals surface area (Å²) in [6.45, 7) is 1.33. The molecule has 130 valence electrons. The van der Waals surface area contributed by atoms with Crippen LogP contribution in [0, 0.1) is 11.6 Å². The van der Waals surface area contributed by atoms with Crippen molar-refractivity contribution in [3.8, 4) is 0 Å². The van der Waals surface area contributed by atoms with Crippen molar-refractivity contribution in [3.63, 3.8) is 0 Å². The van der Waals surface area contributed by atoms with Gasteiger partial charge in [0.25, 0.3) is 0 Å². The molecule has 3 rings (SSSR count). The second-order valence-corrected chi connectivity index (χ2v) is 7.03. The van der Waals surface area contributed by atoms with Gasteiger partial charge >= 0.3 is 5.29 Å². The van der Waals surface area contributed by atoms with Crippen LogP contribution in [0.1, 0.15) is 6.92 Å². The summed E-state index contributed by atoms with van der Waals surface area (Å²) in [5.74, 6) is -0.957. The molecule has 2 aromatic carbocycles. The summed E-state index contributed by atoms with van der Waals surface area (Å²) in [6, 6.07) is 7.93. The molecule has 1 atom stereocenters. The molecular weight excluding hydrogens is 437 g/mol. The number of aliphatic hydroxyl groups is 1. The van der Waals surface area contributed by atoms with Crippen molar-refractivity contribution in [2.75, 3.05) is 6.61 Å². The Morgan fingerprint density at radius 3 is 2.24 bits per heavy atom. The van der Waals surface area contributed by atoms with E-state index in [1.807, 2.05) is 0 Å². The summed E-state index contributed by atoms with van der Waals surface area (Å²) in [5, 5.41) is 10.2. The van der Waals surface area contributed by atoms with Crippen LogP contribution in [0.3, 0.4) is 0 Å². The standard InChI is InChI=1S/C17H12BrCl2F2N2O/c1-9-16(8-25)24(17(20)23-9,14-4-2-10(21)6-12(14)18)15-5-3-11(22)7-13(15)19/h2-7,25H,8H2,1H3/q+1. The molecule has 1 aliphatic rings. The maximum Gasteiger partial charge on any atom is 0.315 e. The fraction of sp³-hybridized carbons (Fsp3) is 0.118. The first-order chi connectivity index (χ1) is 11.8. The third kappa shape index (κ3) is 2.82. The predicted molar refractivity (Wildman–Crippen MR) is 100 cm³/mol. The Morgan fingerprint density at radius 2 is 1.68 bits per heavy atom. The second kappa shape index (κ2) is 6.78. The van der Waals surface area contributed by atoms with Crippen LogP contribution < -0.4 is 4.48 Å². The number of aliphatic imine (C=N–C) groups is 1. The van der Waals surface area contributed by atoms with E-state index in [-0.39, 0.29) is 21.4 Å². The molecule has 0 aliphatic carbocycles. The number of benzene rings is 2. The van der Waals surface area contributed by atoms with Crippen molar-refractivity contribution >= 4 is 55.8 Å². The highest BCUT2D eigenvalue weighted by atomic mass is 79.9. The Kier molecular flexibility index (Phi) is 5.01. The summed E-state index contributed by atoms with van der Waals surface area (Å²) in [5.41, 5.74) is 1.82. The van der Waals surface area contributed by atoms with Crippen LogP contribution in [-0.4, -0.2) is 17.0 Å². The molecular formula is C17H12BrCl2F2N2O+. The number of rotatable bonds is 3. The summed E-state index contributed by atoms with van der Waals surface area (Å²) >= 11 is 16.1. The monoisotopic (exact) mass is 447 g/mol. The second-order valence-electron chi connectivity index (χ2n) is 5.43. The SMILES string of the molecule is CC1=C(CO)[N+](c2ccc(F)cc2Cl)(c2ccc(F)cc2Br)C(Cl)=N1. The van der Waals surface area contributed by atoms with Crippen LogP contribution in [-0.2, 0) is 0 Å². The molecule has 0 radical (unpaired) electrons. The average Bonchev–Trinajstić information content (AvgIpc) is 2.78. The molecule has 0 amide bonds. The molecule has 25 heavy (non-hydrogen) atoms. The molecule has 0 saturated carbocycles. The first-order valence-electron chi connectivity index (χ1n) is 7.18. The zero-order valence-corrected chi connectivity index (χ0v) is 16.0. The van der Waals surface area contributed by atoms with Crippen molar-refractivity contribution in [1.29, 1.82) is 0 Å². The molecule has 1 N–H and O–H groups in total. The molecule has 2 aromatic rings. The maximum absolute atomic E-state index is 13.6. The Morgan fingerprint density at radius 1 is 1.08 bits per heavy atom. The minimum atomic E-state index is -0.511. The third-order valence-corrected chi connectivity index (χ3v) is 5.33. The molecule has 1 aliphatic heterocycles. The van der Waals surface area contributed by atoms with Gasteiger partial charge in [-0.1, -0.05) is 11.6 Å². The van der Waals surface area contributed by atoms with Crippen LogP contribution in [0.4, 0.5) is 20.2 Å². The molecule has 8 heteroatoms. The van der Waals surface area contributed by atoms with Crippen molar-refractivity contribution < 1.29 is 13.9 Å². The molecule has 0 bridgehead atoms. The third-order valence-electron chi connectivity index (χ3n) is 4.05. The number of amidine groups is 1. The van der Waals surface area contributed by atoms with E-state index in [0.29, 0.717) is 27.2 Å². The smallest absolute Gasteiger partial charge is 0.315 e. The normalized spacial score (nSPS) is 20.2. The van der Waals surface area contributed by atoms with Crippen LogP contribution in [0.5, 0.6) is 0 Å². The summed E-state index contributed by atoms with van der Waals surface area (Å²) < 4.78 is 27.2. The van der Waals surface area contributed by atoms with Crippen molar-refractivity contribution in [2.45, 2.75) is 6.92 Å². The van der Waals surface area contributed by atoms with Gasteiger partial charge in [0.05, 0.1) is 4.47 Å². The number of aliphatic hydroxyl groups excluding tert-OH is 1. The van der Waals surface area contributed by atoms with Crippen LogP contribution in [0.15, 0.2) is 57.3 Å². The number of nitrogens with zero attached hydrogens (tertiary/aromatic N) is 2. The topological polar surface area (TPSA) is 32.6 Å². The number of hydrogen-bond donors (Lipinski definition) is 1. The van der Waals surface area contributed by atoms with Gasteiger partial charge in [0, 0.05) is 23.7 Å². The van der Waals surface area contributed by atoms with Gasteiger partial charge in [0.2, 0.25) is 0 Å². The first-order valence-corrected chi connectivity index (χ1v) is 8.73. The Balaban J connectivity index is 2.44. The van der Waals surface area contributed by atoms with Gasteiger partial charge in [0.15, 0.2) is 17.1 Å². The van der Waals surface area contributed by atoms with E-state index in [9.17, 15) is 13.9 Å². The van der Waals surface area contributed by atoms with Gasteiger partial charge < -0.3 is 5.11 Å². The van der Waals surface area contributed by atoms with Gasteiger partial charge in [0.1, 0.15) is 29.0 Å². The molecule has 0 fully saturated rings. The lowest BCUT2D eigenvalue weighted by molar-refractivity contribution is 0.310.